The molecule has 0 aliphatic carbocycles. The number of carboxylic acids is 1. The fraction of sp³-hybridized carbons (Fsp3) is 0.875. The highest BCUT2D eigenvalue weighted by molar-refractivity contribution is 5.68. The van der Waals surface area contributed by atoms with E-state index in [2.05, 4.69) is 46.6 Å². The third-order valence-corrected chi connectivity index (χ3v) is 10.3. The van der Waals surface area contributed by atoms with Crippen molar-refractivity contribution < 1.29 is 30.1 Å². The minimum absolute atomic E-state index is 0.00519. The van der Waals surface area contributed by atoms with E-state index >= 15 is 0 Å². The number of hydrogen-bond donors (Lipinski definition) is 8. The van der Waals surface area contributed by atoms with Crippen LogP contribution in [0.1, 0.15) is 90.9 Å². The summed E-state index contributed by atoms with van der Waals surface area (Å²) in [5.74, 6) is 6.16. The molecule has 42 heavy (non-hydrogen) atoms. The lowest BCUT2D eigenvalue weighted by Crippen LogP contribution is -3.16. The van der Waals surface area contributed by atoms with Crippen molar-refractivity contribution >= 4 is 12.2 Å². The molecule has 2 fully saturated rings. The molecule has 2 bridgehead atoms. The van der Waals surface area contributed by atoms with Gasteiger partial charge in [-0.1, -0.05) is 18.8 Å². The van der Waals surface area contributed by atoms with E-state index < -0.39 is 11.6 Å². The second-order valence-electron chi connectivity index (χ2n) is 14.0. The Morgan fingerprint density at radius 1 is 1.21 bits per heavy atom. The Hall–Kier alpha value is -1.58. The van der Waals surface area contributed by atoms with Crippen LogP contribution >= 0.6 is 0 Å². The number of nitrogens with zero attached hydrogens (tertiary/aromatic N) is 1. The predicted molar refractivity (Wildman–Crippen MR) is 163 cm³/mol. The Morgan fingerprint density at radius 3 is 2.76 bits per heavy atom. The molecule has 10 heteroatoms. The van der Waals surface area contributed by atoms with Crippen LogP contribution < -0.4 is 20.9 Å². The Balaban J connectivity index is 1.39. The van der Waals surface area contributed by atoms with Gasteiger partial charge in [0.1, 0.15) is 12.6 Å². The number of carbonyl (C=O) groups is 1. The summed E-state index contributed by atoms with van der Waals surface area (Å²) in [5.41, 5.74) is -1.55. The normalized spacial score (nSPS) is 41.5. The molecule has 0 aromatic rings. The van der Waals surface area contributed by atoms with Crippen molar-refractivity contribution in [3.05, 3.63) is 0 Å². The van der Waals surface area contributed by atoms with Crippen LogP contribution in [0.4, 0.5) is 0 Å². The molecule has 0 amide bonds. The van der Waals surface area contributed by atoms with Crippen molar-refractivity contribution in [1.29, 1.82) is 0 Å². The maximum atomic E-state index is 11.6. The first-order chi connectivity index (χ1) is 20.1. The molecule has 4 aliphatic rings. The van der Waals surface area contributed by atoms with Crippen molar-refractivity contribution in [2.24, 2.45) is 16.8 Å². The van der Waals surface area contributed by atoms with Crippen LogP contribution in [0.25, 0.3) is 0 Å². The predicted octanol–water partition coefficient (Wildman–Crippen LogP) is 0.0617. The number of aliphatic carboxylic acids is 1. The SMILES string of the molecule is CC1NC(CCCCC2C#CCC3CC(C)(CCN3)NCC(O)(CC(=O)O)CCC(CO)C2)C([NH+]2CC=NC2)CC1O. The summed E-state index contributed by atoms with van der Waals surface area (Å²) in [6.07, 6.45) is 10.5. The molecule has 0 saturated carbocycles. The minimum atomic E-state index is -1.36. The molecule has 4 rings (SSSR count). The molecular weight excluding hydrogens is 534 g/mol. The van der Waals surface area contributed by atoms with Crippen molar-refractivity contribution in [3.63, 3.8) is 0 Å². The van der Waals surface area contributed by atoms with E-state index in [1.807, 2.05) is 6.21 Å². The summed E-state index contributed by atoms with van der Waals surface area (Å²) in [7, 11) is 0. The highest BCUT2D eigenvalue weighted by Gasteiger charge is 2.40. The Morgan fingerprint density at radius 2 is 2.02 bits per heavy atom. The van der Waals surface area contributed by atoms with Gasteiger partial charge in [-0.05, 0) is 71.3 Å². The molecule has 4 heterocycles. The van der Waals surface area contributed by atoms with E-state index in [4.69, 9.17) is 0 Å². The fourth-order valence-corrected chi connectivity index (χ4v) is 7.59. The molecule has 2 saturated heterocycles. The van der Waals surface area contributed by atoms with Gasteiger partial charge in [-0.15, -0.1) is 5.92 Å². The summed E-state index contributed by atoms with van der Waals surface area (Å²) < 4.78 is 0. The molecule has 10 atom stereocenters. The number of piperidine rings is 2. The molecule has 10 unspecified atom stereocenters. The van der Waals surface area contributed by atoms with E-state index in [1.54, 1.807) is 0 Å². The number of carboxylic acid groups (broad SMARTS) is 1. The molecule has 8 N–H and O–H groups in total. The number of unbranched alkanes of at least 4 members (excludes halogenated alkanes) is 1. The van der Waals surface area contributed by atoms with Crippen molar-refractivity contribution in [3.8, 4) is 11.8 Å². The first-order valence-corrected chi connectivity index (χ1v) is 16.4. The molecule has 0 aromatic heterocycles. The van der Waals surface area contributed by atoms with E-state index in [0.29, 0.717) is 24.9 Å². The van der Waals surface area contributed by atoms with Crippen LogP contribution in [0.2, 0.25) is 0 Å². The first kappa shape index (κ1) is 33.3. The van der Waals surface area contributed by atoms with Crippen LogP contribution in [0.5, 0.6) is 0 Å². The third kappa shape index (κ3) is 9.71. The lowest BCUT2D eigenvalue weighted by atomic mass is 9.81. The number of fused-ring (bicyclic) bond motifs is 2. The second-order valence-corrected chi connectivity index (χ2v) is 14.0. The van der Waals surface area contributed by atoms with Crippen molar-refractivity contribution in [2.45, 2.75) is 132 Å². The highest BCUT2D eigenvalue weighted by Crippen LogP contribution is 2.29. The second kappa shape index (κ2) is 15.4. The highest BCUT2D eigenvalue weighted by atomic mass is 16.4. The molecule has 4 aliphatic heterocycles. The molecule has 10 nitrogen and oxygen atoms in total. The van der Waals surface area contributed by atoms with Gasteiger partial charge in [0.25, 0.3) is 0 Å². The van der Waals surface area contributed by atoms with Crippen molar-refractivity contribution in [1.82, 2.24) is 16.0 Å². The topological polar surface area (TPSA) is 151 Å². The number of nitrogens with one attached hydrogen (secondary N) is 4. The van der Waals surface area contributed by atoms with E-state index in [9.17, 15) is 25.2 Å². The number of aliphatic hydroxyl groups excluding tert-OH is 2. The number of quaternary nitrogens is 1. The summed E-state index contributed by atoms with van der Waals surface area (Å²) in [5, 5.41) is 52.5. The van der Waals surface area contributed by atoms with Crippen LogP contribution in [0, 0.1) is 23.7 Å². The monoisotopic (exact) mass is 590 g/mol. The summed E-state index contributed by atoms with van der Waals surface area (Å²) >= 11 is 0. The van der Waals surface area contributed by atoms with E-state index in [0.717, 1.165) is 77.5 Å². The largest absolute Gasteiger partial charge is 0.481 e. The van der Waals surface area contributed by atoms with Gasteiger partial charge in [0.15, 0.2) is 6.67 Å². The zero-order valence-electron chi connectivity index (χ0n) is 25.8. The summed E-state index contributed by atoms with van der Waals surface area (Å²) in [6, 6.07) is 1.05. The zero-order chi connectivity index (χ0) is 30.2. The Kier molecular flexibility index (Phi) is 12.2. The average Bonchev–Trinajstić information content (AvgIpc) is 3.48. The Bertz CT molecular complexity index is 963. The van der Waals surface area contributed by atoms with E-state index in [-0.39, 0.29) is 55.1 Å². The number of aliphatic imine (C=N–C) groups is 1. The lowest BCUT2D eigenvalue weighted by molar-refractivity contribution is -0.914. The van der Waals surface area contributed by atoms with Gasteiger partial charge in [-0.25, -0.2) is 4.99 Å². The van der Waals surface area contributed by atoms with Crippen LogP contribution in [-0.4, -0.2) is 107 Å². The quantitative estimate of drug-likeness (QED) is 0.139. The van der Waals surface area contributed by atoms with Crippen LogP contribution in [-0.2, 0) is 4.79 Å². The smallest absolute Gasteiger partial charge is 0.306 e. The number of hydrogen-bond acceptors (Lipinski definition) is 8. The van der Waals surface area contributed by atoms with Gasteiger partial charge in [0.05, 0.1) is 30.4 Å². The van der Waals surface area contributed by atoms with Gasteiger partial charge in [0, 0.05) is 49.5 Å². The minimum Gasteiger partial charge on any atom is -0.481 e. The maximum absolute atomic E-state index is 11.6. The molecule has 0 radical (unpaired) electrons. The number of β-amino-alcohol motifs (C(OH)–C–C–N with tert-alkyl or cyclic N) is 1. The molecule has 0 spiro atoms. The third-order valence-electron chi connectivity index (χ3n) is 10.3. The van der Waals surface area contributed by atoms with Gasteiger partial charge in [-0.3, -0.25) is 4.79 Å². The molecular formula is C32H56N5O5+. The summed E-state index contributed by atoms with van der Waals surface area (Å²) in [4.78, 5) is 17.5. The van der Waals surface area contributed by atoms with Gasteiger partial charge in [0.2, 0.25) is 0 Å². The van der Waals surface area contributed by atoms with Gasteiger partial charge >= 0.3 is 5.97 Å². The van der Waals surface area contributed by atoms with Crippen molar-refractivity contribution in [2.75, 3.05) is 32.9 Å². The Labute approximate surface area is 252 Å². The van der Waals surface area contributed by atoms with Gasteiger partial charge < -0.3 is 41.3 Å². The zero-order valence-corrected chi connectivity index (χ0v) is 25.8. The fourth-order valence-electron chi connectivity index (χ4n) is 7.59. The van der Waals surface area contributed by atoms with E-state index in [1.165, 1.54) is 4.90 Å². The standard InChI is InChI=1S/C32H55N5O5/c1-23-29(39)17-28(37-15-14-33-22-37)27(36-23)9-4-3-6-24-7-5-8-26-18-31(2,12-13-34-26)35-21-32(42,19-30(40)41)11-10-25(16-24)20-38/h14,23-29,34-36,38-39,42H,3-4,6,8-13,15-22H2,1-2H3,(H,40,41)/p+1. The van der Waals surface area contributed by atoms with Crippen LogP contribution in [0.15, 0.2) is 4.99 Å². The molecule has 0 aromatic carbocycles. The summed E-state index contributed by atoms with van der Waals surface area (Å²) in [6.45, 7) is 7.04. The van der Waals surface area contributed by atoms with Gasteiger partial charge in [-0.2, -0.15) is 0 Å². The average molecular weight is 591 g/mol. The first-order valence-electron chi connectivity index (χ1n) is 16.4. The van der Waals surface area contributed by atoms with Crippen LogP contribution in [0.3, 0.4) is 0 Å². The lowest BCUT2D eigenvalue weighted by Gasteiger charge is -2.42. The number of rotatable bonds is 9. The number of aliphatic hydroxyl groups is 3. The molecule has 238 valence electrons. The maximum Gasteiger partial charge on any atom is 0.306 e.